The number of hydrogen-bond donors (Lipinski definition) is 1. The van der Waals surface area contributed by atoms with Crippen LogP contribution in [0.15, 0.2) is 113 Å². The number of thioether (sulfide) groups is 1. The normalized spacial score (nSPS) is 11.8. The van der Waals surface area contributed by atoms with Crippen LogP contribution in [0.3, 0.4) is 0 Å². The van der Waals surface area contributed by atoms with Crippen LogP contribution < -0.4 is 14.4 Å². The lowest BCUT2D eigenvalue weighted by Gasteiger charge is -2.34. The van der Waals surface area contributed by atoms with Crippen LogP contribution in [-0.2, 0) is 32.6 Å². The van der Waals surface area contributed by atoms with Crippen LogP contribution in [0.25, 0.3) is 0 Å². The van der Waals surface area contributed by atoms with Gasteiger partial charge in [-0.1, -0.05) is 54.1 Å². The van der Waals surface area contributed by atoms with Crippen LogP contribution in [0.2, 0.25) is 5.02 Å². The number of sulfonamides is 1. The molecule has 0 fully saturated rings. The monoisotopic (exact) mass is 679 g/mol. The summed E-state index contributed by atoms with van der Waals surface area (Å²) < 4.78 is 35.1. The quantitative estimate of drug-likeness (QED) is 0.146. The van der Waals surface area contributed by atoms with Crippen LogP contribution in [-0.4, -0.2) is 57.1 Å². The third kappa shape index (κ3) is 9.05. The molecule has 0 radical (unpaired) electrons. The molecule has 1 N–H and O–H groups in total. The van der Waals surface area contributed by atoms with Crippen molar-refractivity contribution in [3.8, 4) is 5.75 Å². The largest absolute Gasteiger partial charge is 0.494 e. The van der Waals surface area contributed by atoms with Gasteiger partial charge in [0.05, 0.1) is 17.2 Å². The summed E-state index contributed by atoms with van der Waals surface area (Å²) in [4.78, 5) is 30.5. The lowest BCUT2D eigenvalue weighted by atomic mass is 10.0. The van der Waals surface area contributed by atoms with Gasteiger partial charge in [-0.2, -0.15) is 0 Å². The van der Waals surface area contributed by atoms with Crippen LogP contribution >= 0.6 is 23.4 Å². The van der Waals surface area contributed by atoms with Gasteiger partial charge in [0, 0.05) is 29.4 Å². The Morgan fingerprint density at radius 1 is 0.870 bits per heavy atom. The molecule has 0 aliphatic heterocycles. The van der Waals surface area contributed by atoms with E-state index in [0.717, 1.165) is 20.3 Å². The van der Waals surface area contributed by atoms with Crippen molar-refractivity contribution in [1.82, 2.24) is 10.2 Å². The molecule has 0 unspecified atom stereocenters. The van der Waals surface area contributed by atoms with Gasteiger partial charge in [0.25, 0.3) is 10.0 Å². The van der Waals surface area contributed by atoms with E-state index in [2.05, 4.69) is 5.32 Å². The number of ether oxygens (including phenoxy) is 1. The number of nitrogens with zero attached hydrogens (tertiary/aromatic N) is 2. The zero-order valence-corrected chi connectivity index (χ0v) is 28.4. The van der Waals surface area contributed by atoms with Gasteiger partial charge in [0.15, 0.2) is 0 Å². The number of hydrogen-bond acceptors (Lipinski definition) is 6. The molecule has 0 saturated carbocycles. The summed E-state index contributed by atoms with van der Waals surface area (Å²) in [7, 11) is -4.21. The van der Waals surface area contributed by atoms with E-state index < -0.39 is 28.5 Å². The van der Waals surface area contributed by atoms with Gasteiger partial charge in [-0.05, 0) is 91.9 Å². The summed E-state index contributed by atoms with van der Waals surface area (Å²) in [5.74, 6) is -0.306. The van der Waals surface area contributed by atoms with E-state index in [4.69, 9.17) is 16.3 Å². The van der Waals surface area contributed by atoms with E-state index in [0.29, 0.717) is 23.9 Å². The second-order valence-electron chi connectivity index (χ2n) is 10.4. The molecule has 0 bridgehead atoms. The molecule has 4 rings (SSSR count). The number of nitrogens with one attached hydrogen (secondary N) is 1. The number of rotatable bonds is 15. The number of likely N-dealkylation sites (N-methyl/N-ethyl adjacent to an activating group) is 1. The molecule has 242 valence electrons. The summed E-state index contributed by atoms with van der Waals surface area (Å²) in [6.45, 7) is 4.00. The zero-order valence-electron chi connectivity index (χ0n) is 26.1. The van der Waals surface area contributed by atoms with Gasteiger partial charge < -0.3 is 15.0 Å². The van der Waals surface area contributed by atoms with Crippen LogP contribution in [0.5, 0.6) is 5.75 Å². The maximum Gasteiger partial charge on any atom is 0.264 e. The predicted molar refractivity (Wildman–Crippen MR) is 185 cm³/mol. The molecule has 0 aliphatic carbocycles. The average Bonchev–Trinajstić information content (AvgIpc) is 3.07. The highest BCUT2D eigenvalue weighted by molar-refractivity contribution is 7.98. The summed E-state index contributed by atoms with van der Waals surface area (Å²) in [5, 5.41) is 3.40. The summed E-state index contributed by atoms with van der Waals surface area (Å²) in [6, 6.07) is 28.6. The maximum atomic E-state index is 14.5. The van der Waals surface area contributed by atoms with Crippen molar-refractivity contribution >= 4 is 50.9 Å². The van der Waals surface area contributed by atoms with E-state index in [9.17, 15) is 18.0 Å². The molecule has 2 amide bonds. The Hall–Kier alpha value is -3.99. The smallest absolute Gasteiger partial charge is 0.264 e. The van der Waals surface area contributed by atoms with Crippen molar-refractivity contribution in [1.29, 1.82) is 0 Å². The topological polar surface area (TPSA) is 96.0 Å². The minimum absolute atomic E-state index is 0.0424. The molecule has 0 aliphatic rings. The van der Waals surface area contributed by atoms with E-state index in [1.807, 2.05) is 50.4 Å². The fourth-order valence-corrected chi connectivity index (χ4v) is 6.86. The second kappa shape index (κ2) is 16.5. The number of halogens is 1. The standard InChI is InChI=1S/C35H38ClN3O5S2/c1-4-37-35(41)33(23-26-9-7-6-8-10-26)38(24-27-11-13-28(36)14-12-27)34(40)25-39(29-15-17-30(18-16-29)44-5-2)46(42,43)32-21-19-31(45-3)20-22-32/h6-22,33H,4-5,23-25H2,1-3H3,(H,37,41)/t33-/m0/s1. The Kier molecular flexibility index (Phi) is 12.5. The summed E-state index contributed by atoms with van der Waals surface area (Å²) in [6.07, 6.45) is 2.14. The van der Waals surface area contributed by atoms with Crippen LogP contribution in [0.4, 0.5) is 5.69 Å². The summed E-state index contributed by atoms with van der Waals surface area (Å²) in [5.41, 5.74) is 1.88. The van der Waals surface area contributed by atoms with Crippen molar-refractivity contribution in [2.24, 2.45) is 0 Å². The molecule has 46 heavy (non-hydrogen) atoms. The van der Waals surface area contributed by atoms with Crippen molar-refractivity contribution < 1.29 is 22.7 Å². The van der Waals surface area contributed by atoms with Crippen LogP contribution in [0, 0.1) is 0 Å². The van der Waals surface area contributed by atoms with E-state index in [-0.39, 0.29) is 29.5 Å². The van der Waals surface area contributed by atoms with E-state index in [1.54, 1.807) is 60.7 Å². The molecule has 0 spiro atoms. The maximum absolute atomic E-state index is 14.5. The molecule has 0 saturated heterocycles. The van der Waals surface area contributed by atoms with Crippen molar-refractivity contribution in [2.75, 3.05) is 30.3 Å². The first-order valence-electron chi connectivity index (χ1n) is 14.9. The average molecular weight is 680 g/mol. The lowest BCUT2D eigenvalue weighted by Crippen LogP contribution is -2.53. The second-order valence-corrected chi connectivity index (χ2v) is 13.5. The molecular weight excluding hydrogens is 642 g/mol. The van der Waals surface area contributed by atoms with Gasteiger partial charge in [-0.15, -0.1) is 11.8 Å². The first-order chi connectivity index (χ1) is 22.2. The SMILES string of the molecule is CCNC(=O)[C@H](Cc1ccccc1)N(Cc1ccc(Cl)cc1)C(=O)CN(c1ccc(OCC)cc1)S(=O)(=O)c1ccc(SC)cc1. The Labute approximate surface area is 280 Å². The number of amides is 2. The number of anilines is 1. The van der Waals surface area contributed by atoms with Gasteiger partial charge in [-0.3, -0.25) is 13.9 Å². The van der Waals surface area contributed by atoms with E-state index in [1.165, 1.54) is 28.8 Å². The number of carbonyl (C=O) groups excluding carboxylic acids is 2. The number of benzene rings is 4. The zero-order chi connectivity index (χ0) is 33.1. The molecule has 11 heteroatoms. The third-order valence-electron chi connectivity index (χ3n) is 7.25. The number of carbonyl (C=O) groups is 2. The highest BCUT2D eigenvalue weighted by Gasteiger charge is 2.34. The molecule has 0 heterocycles. The molecule has 4 aromatic carbocycles. The first-order valence-corrected chi connectivity index (χ1v) is 18.0. The van der Waals surface area contributed by atoms with E-state index >= 15 is 0 Å². The van der Waals surface area contributed by atoms with Crippen LogP contribution in [0.1, 0.15) is 25.0 Å². The van der Waals surface area contributed by atoms with Crippen molar-refractivity contribution in [2.45, 2.75) is 42.6 Å². The highest BCUT2D eigenvalue weighted by Crippen LogP contribution is 2.28. The molecule has 8 nitrogen and oxygen atoms in total. The Morgan fingerprint density at radius 3 is 2.11 bits per heavy atom. The van der Waals surface area contributed by atoms with Gasteiger partial charge in [0.2, 0.25) is 11.8 Å². The van der Waals surface area contributed by atoms with Gasteiger partial charge in [-0.25, -0.2) is 8.42 Å². The predicted octanol–water partition coefficient (Wildman–Crippen LogP) is 6.43. The molecular formula is C35H38ClN3O5S2. The minimum atomic E-state index is -4.21. The van der Waals surface area contributed by atoms with Crippen molar-refractivity contribution in [3.05, 3.63) is 119 Å². The Morgan fingerprint density at radius 2 is 1.52 bits per heavy atom. The lowest BCUT2D eigenvalue weighted by molar-refractivity contribution is -0.140. The van der Waals surface area contributed by atoms with Crippen molar-refractivity contribution in [3.63, 3.8) is 0 Å². The third-order valence-corrected chi connectivity index (χ3v) is 10.0. The fourth-order valence-electron chi connectivity index (χ4n) is 4.91. The summed E-state index contributed by atoms with van der Waals surface area (Å²) >= 11 is 7.64. The molecule has 4 aromatic rings. The van der Waals surface area contributed by atoms with Gasteiger partial charge >= 0.3 is 0 Å². The minimum Gasteiger partial charge on any atom is -0.494 e. The fraction of sp³-hybridized carbons (Fsp3) is 0.257. The first kappa shape index (κ1) is 34.9. The highest BCUT2D eigenvalue weighted by atomic mass is 35.5. The Bertz CT molecular complexity index is 1690. The molecule has 1 atom stereocenters. The van der Waals surface area contributed by atoms with Gasteiger partial charge in [0.1, 0.15) is 18.3 Å². The Balaban J connectivity index is 1.79. The molecule has 0 aromatic heterocycles.